The first-order valence-corrected chi connectivity index (χ1v) is 19.7. The number of hydrogen-bond donors (Lipinski definition) is 3. The summed E-state index contributed by atoms with van der Waals surface area (Å²) < 4.78 is 51.3. The molecule has 0 spiro atoms. The average molecular weight is 793 g/mol. The van der Waals surface area contributed by atoms with Crippen LogP contribution in [0, 0.1) is 0 Å². The van der Waals surface area contributed by atoms with Crippen LogP contribution < -0.4 is 0 Å². The lowest BCUT2D eigenvalue weighted by Crippen LogP contribution is -2.65. The van der Waals surface area contributed by atoms with Crippen molar-refractivity contribution in [2.24, 2.45) is 0 Å². The Morgan fingerprint density at radius 1 is 0.379 bits per heavy atom. The van der Waals surface area contributed by atoms with Gasteiger partial charge in [-0.05, 0) is 27.8 Å². The maximum absolute atomic E-state index is 11.7. The zero-order chi connectivity index (χ0) is 39.9. The summed E-state index contributed by atoms with van der Waals surface area (Å²) in [5.41, 5.74) is 4.54. The van der Waals surface area contributed by atoms with E-state index in [0.717, 1.165) is 27.8 Å². The van der Waals surface area contributed by atoms with Crippen molar-refractivity contribution < 1.29 is 53.2 Å². The van der Waals surface area contributed by atoms with Crippen LogP contribution in [-0.4, -0.2) is 89.9 Å². The van der Waals surface area contributed by atoms with Crippen molar-refractivity contribution in [3.63, 3.8) is 0 Å². The molecule has 11 heteroatoms. The van der Waals surface area contributed by atoms with E-state index in [4.69, 9.17) is 37.9 Å². The van der Waals surface area contributed by atoms with Crippen molar-refractivity contribution in [1.82, 2.24) is 0 Å². The molecule has 2 aliphatic heterocycles. The van der Waals surface area contributed by atoms with E-state index in [1.54, 1.807) is 0 Å². The van der Waals surface area contributed by atoms with Gasteiger partial charge in [0.15, 0.2) is 12.6 Å². The van der Waals surface area contributed by atoms with Gasteiger partial charge in [0.25, 0.3) is 0 Å². The van der Waals surface area contributed by atoms with Gasteiger partial charge in [0.2, 0.25) is 0 Å². The summed E-state index contributed by atoms with van der Waals surface area (Å²) >= 11 is 0. The van der Waals surface area contributed by atoms with Crippen LogP contribution in [0.3, 0.4) is 0 Å². The van der Waals surface area contributed by atoms with E-state index in [1.165, 1.54) is 0 Å². The molecule has 2 aliphatic rings. The molecule has 3 N–H and O–H groups in total. The Labute approximate surface area is 339 Å². The van der Waals surface area contributed by atoms with Gasteiger partial charge in [0.05, 0.1) is 46.2 Å². The highest BCUT2D eigenvalue weighted by Gasteiger charge is 2.53. The van der Waals surface area contributed by atoms with Gasteiger partial charge in [-0.15, -0.1) is 0 Å². The van der Waals surface area contributed by atoms with Crippen LogP contribution in [0.5, 0.6) is 0 Å². The molecule has 2 fully saturated rings. The first-order chi connectivity index (χ1) is 28.5. The molecule has 0 aliphatic carbocycles. The number of ether oxygens (including phenoxy) is 8. The monoisotopic (exact) mass is 792 g/mol. The first kappa shape index (κ1) is 41.8. The van der Waals surface area contributed by atoms with Gasteiger partial charge < -0.3 is 53.2 Å². The van der Waals surface area contributed by atoms with Crippen molar-refractivity contribution in [1.29, 1.82) is 0 Å². The standard InChI is InChI=1S/C47H52O11/c48-40-38(31-51-26-33-16-6-1-7-17-33)57-47(43(41(40)49)53-28-35-20-10-3-11-21-35)58-42-39(32-52-27-34-18-8-2-9-19-34)56-46(50)45(55-30-37-24-14-5-15-25-37)44(42)54-29-36-22-12-4-13-23-36/h1-25,38-50H,26-32H2/t38-,39-,40+,41+,42+,43-,44+,45-,46-,47+/m1/s1. The molecule has 5 aromatic rings. The number of hydrogen-bond acceptors (Lipinski definition) is 11. The molecule has 0 aromatic heterocycles. The molecule has 5 aromatic carbocycles. The van der Waals surface area contributed by atoms with E-state index in [2.05, 4.69) is 0 Å². The highest BCUT2D eigenvalue weighted by molar-refractivity contribution is 5.17. The lowest BCUT2D eigenvalue weighted by atomic mass is 9.96. The van der Waals surface area contributed by atoms with E-state index < -0.39 is 61.4 Å². The largest absolute Gasteiger partial charge is 0.387 e. The number of benzene rings is 5. The van der Waals surface area contributed by atoms with Crippen molar-refractivity contribution >= 4 is 0 Å². The van der Waals surface area contributed by atoms with Crippen LogP contribution in [-0.2, 0) is 70.9 Å². The van der Waals surface area contributed by atoms with Crippen molar-refractivity contribution in [2.75, 3.05) is 13.2 Å². The summed E-state index contributed by atoms with van der Waals surface area (Å²) in [5, 5.41) is 34.7. The number of rotatable bonds is 19. The molecule has 2 heterocycles. The molecule has 0 amide bonds. The Morgan fingerprint density at radius 3 is 1.21 bits per heavy atom. The minimum Gasteiger partial charge on any atom is -0.387 e. The van der Waals surface area contributed by atoms with Crippen LogP contribution in [0.2, 0.25) is 0 Å². The van der Waals surface area contributed by atoms with Crippen molar-refractivity contribution in [3.8, 4) is 0 Å². The molecule has 0 bridgehead atoms. The molecule has 58 heavy (non-hydrogen) atoms. The Morgan fingerprint density at radius 2 is 0.759 bits per heavy atom. The fourth-order valence-electron chi connectivity index (χ4n) is 7.08. The number of aliphatic hydroxyl groups is 3. The quantitative estimate of drug-likeness (QED) is 0.0948. The van der Waals surface area contributed by atoms with Gasteiger partial charge in [0.1, 0.15) is 48.8 Å². The van der Waals surface area contributed by atoms with Crippen LogP contribution in [0.25, 0.3) is 0 Å². The second-order valence-corrected chi connectivity index (χ2v) is 14.5. The third-order valence-electron chi connectivity index (χ3n) is 10.2. The summed E-state index contributed by atoms with van der Waals surface area (Å²) in [4.78, 5) is 0. The molecule has 11 nitrogen and oxygen atoms in total. The summed E-state index contributed by atoms with van der Waals surface area (Å²) in [6.07, 6.45) is -11.5. The van der Waals surface area contributed by atoms with E-state index in [0.29, 0.717) is 0 Å². The molecular weight excluding hydrogens is 741 g/mol. The van der Waals surface area contributed by atoms with Gasteiger partial charge in [0, 0.05) is 0 Å². The highest BCUT2D eigenvalue weighted by Crippen LogP contribution is 2.34. The van der Waals surface area contributed by atoms with Crippen LogP contribution >= 0.6 is 0 Å². The van der Waals surface area contributed by atoms with E-state index >= 15 is 0 Å². The summed E-state index contributed by atoms with van der Waals surface area (Å²) in [5.74, 6) is 0. The molecule has 2 saturated heterocycles. The van der Waals surface area contributed by atoms with Gasteiger partial charge in [-0.25, -0.2) is 0 Å². The molecule has 306 valence electrons. The molecular formula is C47H52O11. The van der Waals surface area contributed by atoms with Gasteiger partial charge in [-0.3, -0.25) is 0 Å². The second-order valence-electron chi connectivity index (χ2n) is 14.5. The topological polar surface area (TPSA) is 135 Å². The zero-order valence-electron chi connectivity index (χ0n) is 32.3. The lowest BCUT2D eigenvalue weighted by molar-refractivity contribution is -0.369. The maximum atomic E-state index is 11.7. The van der Waals surface area contributed by atoms with E-state index in [9.17, 15) is 15.3 Å². The van der Waals surface area contributed by atoms with E-state index in [-0.39, 0.29) is 46.2 Å². The predicted octanol–water partition coefficient (Wildman–Crippen LogP) is 5.73. The van der Waals surface area contributed by atoms with Crippen LogP contribution in [0.15, 0.2) is 152 Å². The molecule has 0 saturated carbocycles. The summed E-state index contributed by atoms with van der Waals surface area (Å²) in [7, 11) is 0. The molecule has 7 rings (SSSR count). The Bertz CT molecular complexity index is 1870. The van der Waals surface area contributed by atoms with Crippen molar-refractivity contribution in [3.05, 3.63) is 179 Å². The first-order valence-electron chi connectivity index (χ1n) is 19.7. The Hall–Kier alpha value is -4.34. The minimum absolute atomic E-state index is 0.00424. The van der Waals surface area contributed by atoms with Crippen LogP contribution in [0.4, 0.5) is 0 Å². The maximum Gasteiger partial charge on any atom is 0.187 e. The fourth-order valence-corrected chi connectivity index (χ4v) is 7.08. The Kier molecular flexibility index (Phi) is 15.6. The third kappa shape index (κ3) is 11.7. The molecule has 0 unspecified atom stereocenters. The van der Waals surface area contributed by atoms with Gasteiger partial charge >= 0.3 is 0 Å². The molecule has 0 radical (unpaired) electrons. The smallest absolute Gasteiger partial charge is 0.187 e. The lowest BCUT2D eigenvalue weighted by Gasteiger charge is -2.48. The fraction of sp³-hybridized carbons (Fsp3) is 0.362. The van der Waals surface area contributed by atoms with Gasteiger partial charge in [-0.2, -0.15) is 0 Å². The van der Waals surface area contributed by atoms with Crippen LogP contribution in [0.1, 0.15) is 27.8 Å². The van der Waals surface area contributed by atoms with E-state index in [1.807, 2.05) is 152 Å². The summed E-state index contributed by atoms with van der Waals surface area (Å²) in [6, 6.07) is 48.1. The number of aliphatic hydroxyl groups excluding tert-OH is 3. The third-order valence-corrected chi connectivity index (χ3v) is 10.2. The normalized spacial score (nSPS) is 27.3. The highest BCUT2D eigenvalue weighted by atomic mass is 16.7. The van der Waals surface area contributed by atoms with Gasteiger partial charge in [-0.1, -0.05) is 152 Å². The second kappa shape index (κ2) is 21.6. The molecule has 10 atom stereocenters. The zero-order valence-corrected chi connectivity index (χ0v) is 32.3. The summed E-state index contributed by atoms with van der Waals surface area (Å²) in [6.45, 7) is 0.942. The minimum atomic E-state index is -1.43. The predicted molar refractivity (Wildman–Crippen MR) is 214 cm³/mol. The van der Waals surface area contributed by atoms with Crippen molar-refractivity contribution in [2.45, 2.75) is 94.4 Å². The average Bonchev–Trinajstić information content (AvgIpc) is 3.26. The Balaban J connectivity index is 1.18. The SMILES string of the molecule is O[C@@H]1[C@H](O)[C@@H](OCc2ccccc2)[C@H](O[C@@H]2[C@H](OCc3ccccc3)[C@@H](OCc3ccccc3)[C@H](O)O[C@@H]2COCc2ccccc2)O[C@@H]1COCc1ccccc1.